The van der Waals surface area contributed by atoms with Crippen LogP contribution < -0.4 is 5.32 Å². The minimum atomic E-state index is -1.14. The summed E-state index contributed by atoms with van der Waals surface area (Å²) >= 11 is 0. The number of hydrogen-bond donors (Lipinski definition) is 4. The largest absolute Gasteiger partial charge is 0.508 e. The van der Waals surface area contributed by atoms with Gasteiger partial charge >= 0.3 is 6.03 Å². The van der Waals surface area contributed by atoms with Gasteiger partial charge in [-0.2, -0.15) is 0 Å². The van der Waals surface area contributed by atoms with Crippen LogP contribution in [0.15, 0.2) is 84.9 Å². The van der Waals surface area contributed by atoms with Crippen LogP contribution in [0.5, 0.6) is 17.2 Å². The van der Waals surface area contributed by atoms with Gasteiger partial charge in [0.1, 0.15) is 29.5 Å². The zero-order valence-electron chi connectivity index (χ0n) is 24.1. The maximum atomic E-state index is 14.2. The molecule has 2 heterocycles. The van der Waals surface area contributed by atoms with E-state index < -0.39 is 29.7 Å². The second-order valence-corrected chi connectivity index (χ2v) is 11.1. The van der Waals surface area contributed by atoms with Gasteiger partial charge < -0.3 is 30.4 Å². The molecule has 0 saturated carbocycles. The molecule has 226 valence electrons. The van der Waals surface area contributed by atoms with Crippen molar-refractivity contribution in [3.8, 4) is 17.2 Å². The van der Waals surface area contributed by atoms with E-state index in [0.717, 1.165) is 34.0 Å². The van der Waals surface area contributed by atoms with Crippen LogP contribution in [0.3, 0.4) is 0 Å². The van der Waals surface area contributed by atoms with Crippen molar-refractivity contribution >= 4 is 28.6 Å². The lowest BCUT2D eigenvalue weighted by molar-refractivity contribution is -0.187. The second-order valence-electron chi connectivity index (χ2n) is 11.1. The molecule has 11 heteroatoms. The first-order valence-electron chi connectivity index (χ1n) is 14.3. The Hall–Kier alpha value is -5.29. The van der Waals surface area contributed by atoms with Crippen molar-refractivity contribution < 1.29 is 29.7 Å². The molecule has 6 rings (SSSR count). The highest BCUT2D eigenvalue weighted by molar-refractivity contribution is 5.92. The first-order chi connectivity index (χ1) is 21.2. The van der Waals surface area contributed by atoms with Crippen molar-refractivity contribution in [1.82, 2.24) is 25.1 Å². The van der Waals surface area contributed by atoms with E-state index >= 15 is 0 Å². The second kappa shape index (κ2) is 11.8. The lowest BCUT2D eigenvalue weighted by Gasteiger charge is -2.54. The Kier molecular flexibility index (Phi) is 7.71. The molecule has 0 aromatic heterocycles. The molecule has 2 fully saturated rings. The van der Waals surface area contributed by atoms with Gasteiger partial charge in [0.15, 0.2) is 0 Å². The Morgan fingerprint density at radius 3 is 2.34 bits per heavy atom. The zero-order valence-corrected chi connectivity index (χ0v) is 24.1. The van der Waals surface area contributed by atoms with Crippen LogP contribution in [-0.4, -0.2) is 85.3 Å². The molecule has 2 aliphatic heterocycles. The third kappa shape index (κ3) is 5.45. The fraction of sp³-hybridized carbons (Fsp3) is 0.242. The Bertz CT molecular complexity index is 1700. The molecule has 4 aromatic rings. The van der Waals surface area contributed by atoms with Crippen molar-refractivity contribution in [1.29, 1.82) is 0 Å². The van der Waals surface area contributed by atoms with Gasteiger partial charge in [0.2, 0.25) is 11.8 Å². The van der Waals surface area contributed by atoms with E-state index in [0.29, 0.717) is 0 Å². The summed E-state index contributed by atoms with van der Waals surface area (Å²) < 4.78 is 0. The fourth-order valence-electron chi connectivity index (χ4n) is 6.17. The fourth-order valence-corrected chi connectivity index (χ4v) is 6.17. The van der Waals surface area contributed by atoms with E-state index in [-0.39, 0.29) is 55.7 Å². The number of likely N-dealkylation sites (N-methyl/N-ethyl adjacent to an activating group) is 1. The van der Waals surface area contributed by atoms with Crippen molar-refractivity contribution in [2.24, 2.45) is 0 Å². The molecule has 0 radical (unpaired) electrons. The molecule has 4 N–H and O–H groups in total. The Morgan fingerprint density at radius 1 is 0.909 bits per heavy atom. The van der Waals surface area contributed by atoms with Gasteiger partial charge in [-0.05, 0) is 21.9 Å². The first-order valence-corrected chi connectivity index (χ1v) is 14.3. The lowest BCUT2D eigenvalue weighted by atomic mass is 9.96. The molecule has 0 bridgehead atoms. The topological polar surface area (TPSA) is 137 Å². The predicted octanol–water partition coefficient (Wildman–Crippen LogP) is 3.14. The Morgan fingerprint density at radius 2 is 1.59 bits per heavy atom. The van der Waals surface area contributed by atoms with E-state index in [1.807, 2.05) is 72.8 Å². The van der Waals surface area contributed by atoms with Crippen LogP contribution in [0.4, 0.5) is 4.79 Å². The van der Waals surface area contributed by atoms with E-state index in [1.54, 1.807) is 17.0 Å². The Labute approximate surface area is 254 Å². The number of fused-ring (bicyclic) bond motifs is 2. The molecular formula is C33H33N5O6. The summed E-state index contributed by atoms with van der Waals surface area (Å²) in [7, 11) is 1.65. The molecule has 2 atom stereocenters. The van der Waals surface area contributed by atoms with E-state index in [2.05, 4.69) is 5.32 Å². The number of amides is 4. The smallest absolute Gasteiger partial charge is 0.334 e. The molecule has 2 aliphatic rings. The van der Waals surface area contributed by atoms with Crippen molar-refractivity contribution in [3.63, 3.8) is 0 Å². The zero-order chi connectivity index (χ0) is 31.0. The summed E-state index contributed by atoms with van der Waals surface area (Å²) in [5.74, 6) is -1.91. The highest BCUT2D eigenvalue weighted by atomic mass is 16.3. The van der Waals surface area contributed by atoms with Gasteiger partial charge in [-0.15, -0.1) is 0 Å². The maximum Gasteiger partial charge on any atom is 0.334 e. The van der Waals surface area contributed by atoms with E-state index in [9.17, 15) is 29.7 Å². The van der Waals surface area contributed by atoms with Gasteiger partial charge in [0.25, 0.3) is 0 Å². The molecule has 2 saturated heterocycles. The number of piperazine rings is 1. The minimum Gasteiger partial charge on any atom is -0.508 e. The summed E-state index contributed by atoms with van der Waals surface area (Å²) in [6.45, 7) is 0.366. The molecule has 0 unspecified atom stereocenters. The van der Waals surface area contributed by atoms with Crippen LogP contribution in [-0.2, 0) is 29.1 Å². The summed E-state index contributed by atoms with van der Waals surface area (Å²) in [6.07, 6.45) is -1.09. The van der Waals surface area contributed by atoms with Gasteiger partial charge in [-0.3, -0.25) is 9.59 Å². The summed E-state index contributed by atoms with van der Waals surface area (Å²) in [5.41, 5.74) is 1.81. The van der Waals surface area contributed by atoms with Crippen molar-refractivity contribution in [2.45, 2.75) is 31.7 Å². The number of hydrazine groups is 1. The molecule has 11 nitrogen and oxygen atoms in total. The summed E-state index contributed by atoms with van der Waals surface area (Å²) in [4.78, 5) is 44.5. The number of phenolic OH excluding ortho intramolecular Hbond substituents is 3. The van der Waals surface area contributed by atoms with Crippen LogP contribution in [0.1, 0.15) is 16.7 Å². The number of nitrogens with zero attached hydrogens (tertiary/aromatic N) is 4. The first kappa shape index (κ1) is 28.8. The molecule has 4 amide bonds. The number of hydrogen-bond acceptors (Lipinski definition) is 7. The van der Waals surface area contributed by atoms with Gasteiger partial charge in [-0.1, -0.05) is 72.8 Å². The lowest BCUT2D eigenvalue weighted by Crippen LogP contribution is -2.76. The maximum absolute atomic E-state index is 14.2. The average molecular weight is 596 g/mol. The highest BCUT2D eigenvalue weighted by Gasteiger charge is 2.51. The number of carbonyl (C=O) groups excluding carboxylic acids is 3. The third-order valence-electron chi connectivity index (χ3n) is 8.26. The van der Waals surface area contributed by atoms with Crippen LogP contribution in [0, 0.1) is 0 Å². The molecule has 4 aromatic carbocycles. The number of phenols is 3. The molecule has 0 aliphatic carbocycles. The van der Waals surface area contributed by atoms with Gasteiger partial charge in [0, 0.05) is 44.3 Å². The number of rotatable bonds is 6. The molecule has 44 heavy (non-hydrogen) atoms. The predicted molar refractivity (Wildman–Crippen MR) is 162 cm³/mol. The number of nitrogens with one attached hydrogen (secondary N) is 1. The van der Waals surface area contributed by atoms with Crippen LogP contribution in [0.25, 0.3) is 10.8 Å². The monoisotopic (exact) mass is 595 g/mol. The average Bonchev–Trinajstić information content (AvgIpc) is 3.00. The quantitative estimate of drug-likeness (QED) is 0.269. The van der Waals surface area contributed by atoms with Crippen LogP contribution >= 0.6 is 0 Å². The standard InChI is InChI=1S/C33H33N5O6/c1-35-20-31(42)37-27(16-26-28(40)14-24(39)15-29(26)41)32(43)36(18-23-12-7-11-22-10-5-6-13-25(22)23)19-30(37)38(35)33(44)34-17-21-8-3-2-4-9-21/h2-15,27,30,39-41H,16-20H2,1H3,(H,34,44)/t27-,30-/m0/s1. The normalized spacial score (nSPS) is 18.9. The van der Waals surface area contributed by atoms with Crippen LogP contribution in [0.2, 0.25) is 0 Å². The molecule has 0 spiro atoms. The van der Waals surface area contributed by atoms with Gasteiger partial charge in [0.05, 0.1) is 13.1 Å². The minimum absolute atomic E-state index is 0.0127. The number of aromatic hydroxyl groups is 3. The van der Waals surface area contributed by atoms with Gasteiger partial charge in [-0.25, -0.2) is 14.8 Å². The molecular weight excluding hydrogens is 562 g/mol. The summed E-state index contributed by atoms with van der Waals surface area (Å²) in [6, 6.07) is 23.7. The van der Waals surface area contributed by atoms with Crippen molar-refractivity contribution in [3.05, 3.63) is 102 Å². The van der Waals surface area contributed by atoms with E-state index in [1.165, 1.54) is 9.91 Å². The van der Waals surface area contributed by atoms with Crippen molar-refractivity contribution in [2.75, 3.05) is 20.1 Å². The number of benzene rings is 4. The Balaban J connectivity index is 1.37. The highest BCUT2D eigenvalue weighted by Crippen LogP contribution is 2.36. The third-order valence-corrected chi connectivity index (χ3v) is 8.26. The summed E-state index contributed by atoms with van der Waals surface area (Å²) in [5, 5.41) is 39.0. The SMILES string of the molecule is CN1CC(=O)N2[C@@H](Cc3c(O)cc(O)cc3O)C(=O)N(Cc3cccc4ccccc34)C[C@@H]2N1C(=O)NCc1ccccc1. The van der Waals surface area contributed by atoms with E-state index in [4.69, 9.17) is 0 Å². The number of urea groups is 1. The number of carbonyl (C=O) groups is 3.